The van der Waals surface area contributed by atoms with Gasteiger partial charge in [-0.3, -0.25) is 0 Å². The first-order chi connectivity index (χ1) is 12.3. The first-order valence-electron chi connectivity index (χ1n) is 9.09. The van der Waals surface area contributed by atoms with Gasteiger partial charge in [0.1, 0.15) is 19.0 Å². The molecule has 0 saturated heterocycles. The zero-order valence-corrected chi connectivity index (χ0v) is 16.6. The molecule has 0 aliphatic heterocycles. The van der Waals surface area contributed by atoms with Crippen LogP contribution < -0.4 is 19.9 Å². The van der Waals surface area contributed by atoms with Crippen LogP contribution >= 0.6 is 0 Å². The van der Waals surface area contributed by atoms with Crippen molar-refractivity contribution in [2.24, 2.45) is 5.73 Å². The van der Waals surface area contributed by atoms with E-state index in [0.717, 1.165) is 29.2 Å². The first-order valence-corrected chi connectivity index (χ1v) is 9.09. The predicted molar refractivity (Wildman–Crippen MR) is 107 cm³/mol. The lowest BCUT2D eigenvalue weighted by Crippen LogP contribution is -2.16. The molecule has 2 rings (SSSR count). The average molecular weight is 357 g/mol. The molecule has 4 nitrogen and oxygen atoms in total. The normalized spacial score (nSPS) is 11.3. The van der Waals surface area contributed by atoms with Gasteiger partial charge in [0.05, 0.1) is 7.11 Å². The van der Waals surface area contributed by atoms with Crippen LogP contribution in [-0.4, -0.2) is 26.9 Å². The molecule has 0 saturated carbocycles. The van der Waals surface area contributed by atoms with Crippen molar-refractivity contribution in [1.29, 1.82) is 0 Å². The highest BCUT2D eigenvalue weighted by atomic mass is 16.5. The van der Waals surface area contributed by atoms with E-state index in [1.54, 1.807) is 7.11 Å². The maximum atomic E-state index is 6.02. The fraction of sp³-hybridized carbons (Fsp3) is 0.455. The Hall–Kier alpha value is -2.20. The number of rotatable bonds is 8. The van der Waals surface area contributed by atoms with Crippen molar-refractivity contribution < 1.29 is 14.2 Å². The summed E-state index contributed by atoms with van der Waals surface area (Å²) in [6, 6.07) is 12.3. The van der Waals surface area contributed by atoms with E-state index in [0.29, 0.717) is 19.8 Å². The third kappa shape index (κ3) is 5.40. The molecule has 142 valence electrons. The fourth-order valence-electron chi connectivity index (χ4n) is 2.83. The van der Waals surface area contributed by atoms with Gasteiger partial charge in [-0.1, -0.05) is 39.0 Å². The highest BCUT2D eigenvalue weighted by Crippen LogP contribution is 2.32. The zero-order valence-electron chi connectivity index (χ0n) is 16.6. The molecule has 0 unspecified atom stereocenters. The number of aryl methyl sites for hydroxylation is 1. The van der Waals surface area contributed by atoms with E-state index in [-0.39, 0.29) is 5.41 Å². The summed E-state index contributed by atoms with van der Waals surface area (Å²) in [4.78, 5) is 0. The van der Waals surface area contributed by atoms with Crippen molar-refractivity contribution in [3.05, 3.63) is 53.1 Å². The van der Waals surface area contributed by atoms with Gasteiger partial charge in [-0.15, -0.1) is 0 Å². The van der Waals surface area contributed by atoms with Crippen molar-refractivity contribution in [2.75, 3.05) is 26.9 Å². The fourth-order valence-corrected chi connectivity index (χ4v) is 2.83. The summed E-state index contributed by atoms with van der Waals surface area (Å²) in [6.45, 7) is 10.2. The lowest BCUT2D eigenvalue weighted by molar-refractivity contribution is 0.208. The van der Waals surface area contributed by atoms with Gasteiger partial charge in [0.2, 0.25) is 0 Å². The van der Waals surface area contributed by atoms with Crippen LogP contribution in [0.4, 0.5) is 0 Å². The molecule has 0 heterocycles. The molecule has 0 radical (unpaired) electrons. The third-order valence-corrected chi connectivity index (χ3v) is 4.20. The summed E-state index contributed by atoms with van der Waals surface area (Å²) in [7, 11) is 1.65. The van der Waals surface area contributed by atoms with Gasteiger partial charge in [0.25, 0.3) is 0 Å². The van der Waals surface area contributed by atoms with E-state index in [1.165, 1.54) is 11.1 Å². The van der Waals surface area contributed by atoms with Gasteiger partial charge in [-0.25, -0.2) is 0 Å². The largest absolute Gasteiger partial charge is 0.493 e. The minimum absolute atomic E-state index is 0.0337. The molecule has 0 amide bonds. The summed E-state index contributed by atoms with van der Waals surface area (Å²) < 4.78 is 17.3. The van der Waals surface area contributed by atoms with Crippen LogP contribution in [-0.2, 0) is 11.8 Å². The van der Waals surface area contributed by atoms with Crippen molar-refractivity contribution in [1.82, 2.24) is 0 Å². The van der Waals surface area contributed by atoms with Gasteiger partial charge in [-0.05, 0) is 60.2 Å². The molecule has 0 atom stereocenters. The molecule has 0 bridgehead atoms. The average Bonchev–Trinajstić information content (AvgIpc) is 2.58. The molecule has 2 N–H and O–H groups in total. The highest BCUT2D eigenvalue weighted by molar-refractivity contribution is 5.43. The third-order valence-electron chi connectivity index (χ3n) is 4.20. The van der Waals surface area contributed by atoms with Crippen molar-refractivity contribution in [3.8, 4) is 17.2 Å². The predicted octanol–water partition coefficient (Wildman–Crippen LogP) is 4.26. The van der Waals surface area contributed by atoms with Gasteiger partial charge in [0, 0.05) is 0 Å². The molecule has 2 aromatic carbocycles. The molecule has 0 aliphatic carbocycles. The zero-order chi connectivity index (χ0) is 19.2. The van der Waals surface area contributed by atoms with E-state index in [1.807, 2.05) is 18.2 Å². The lowest BCUT2D eigenvalue weighted by atomic mass is 9.86. The van der Waals surface area contributed by atoms with Gasteiger partial charge in [-0.2, -0.15) is 0 Å². The van der Waals surface area contributed by atoms with E-state index in [2.05, 4.69) is 45.9 Å². The second-order valence-corrected chi connectivity index (χ2v) is 7.47. The first kappa shape index (κ1) is 20.1. The Balaban J connectivity index is 1.98. The highest BCUT2D eigenvalue weighted by Gasteiger charge is 2.19. The minimum Gasteiger partial charge on any atom is -0.493 e. The SMILES string of the molecule is COc1cc(CCN)ccc1OCCOc1cc(C)ccc1C(C)(C)C. The molecule has 4 heteroatoms. The monoisotopic (exact) mass is 357 g/mol. The summed E-state index contributed by atoms with van der Waals surface area (Å²) in [5.74, 6) is 2.37. The Kier molecular flexibility index (Phi) is 6.92. The van der Waals surface area contributed by atoms with Crippen LogP contribution in [0.2, 0.25) is 0 Å². The summed E-state index contributed by atoms with van der Waals surface area (Å²) in [6.07, 6.45) is 0.822. The Morgan fingerprint density at radius 1 is 0.885 bits per heavy atom. The number of ether oxygens (including phenoxy) is 3. The summed E-state index contributed by atoms with van der Waals surface area (Å²) in [5.41, 5.74) is 9.17. The Bertz CT molecular complexity index is 720. The molecule has 0 spiro atoms. The molecule has 0 aliphatic rings. The van der Waals surface area contributed by atoms with Gasteiger partial charge in [0.15, 0.2) is 11.5 Å². The van der Waals surface area contributed by atoms with E-state index in [4.69, 9.17) is 19.9 Å². The van der Waals surface area contributed by atoms with Crippen molar-refractivity contribution in [3.63, 3.8) is 0 Å². The van der Waals surface area contributed by atoms with Crippen LogP contribution in [0.25, 0.3) is 0 Å². The van der Waals surface area contributed by atoms with Crippen LogP contribution in [0, 0.1) is 6.92 Å². The second kappa shape index (κ2) is 8.95. The number of hydrogen-bond donors (Lipinski definition) is 1. The Morgan fingerprint density at radius 2 is 1.58 bits per heavy atom. The second-order valence-electron chi connectivity index (χ2n) is 7.47. The lowest BCUT2D eigenvalue weighted by Gasteiger charge is -2.23. The van der Waals surface area contributed by atoms with E-state index >= 15 is 0 Å². The molecule has 2 aromatic rings. The van der Waals surface area contributed by atoms with Crippen molar-refractivity contribution >= 4 is 0 Å². The van der Waals surface area contributed by atoms with Crippen molar-refractivity contribution in [2.45, 2.75) is 39.5 Å². The van der Waals surface area contributed by atoms with Gasteiger partial charge >= 0.3 is 0 Å². The Morgan fingerprint density at radius 3 is 2.19 bits per heavy atom. The topological polar surface area (TPSA) is 53.7 Å². The summed E-state index contributed by atoms with van der Waals surface area (Å²) in [5, 5.41) is 0. The molecule has 26 heavy (non-hydrogen) atoms. The minimum atomic E-state index is 0.0337. The number of benzene rings is 2. The van der Waals surface area contributed by atoms with Crippen LogP contribution in [0.3, 0.4) is 0 Å². The van der Waals surface area contributed by atoms with E-state index in [9.17, 15) is 0 Å². The molecule has 0 aromatic heterocycles. The smallest absolute Gasteiger partial charge is 0.161 e. The van der Waals surface area contributed by atoms with Crippen LogP contribution in [0.5, 0.6) is 17.2 Å². The van der Waals surface area contributed by atoms with Crippen LogP contribution in [0.1, 0.15) is 37.5 Å². The maximum Gasteiger partial charge on any atom is 0.161 e. The quantitative estimate of drug-likeness (QED) is 0.717. The summed E-state index contributed by atoms with van der Waals surface area (Å²) >= 11 is 0. The molecular weight excluding hydrogens is 326 g/mol. The van der Waals surface area contributed by atoms with E-state index < -0.39 is 0 Å². The van der Waals surface area contributed by atoms with Gasteiger partial charge < -0.3 is 19.9 Å². The number of methoxy groups -OCH3 is 1. The number of hydrogen-bond acceptors (Lipinski definition) is 4. The standard InChI is InChI=1S/C22H31NO3/c1-16-6-8-18(22(2,3)4)20(14-16)26-13-12-25-19-9-7-17(10-11-23)15-21(19)24-5/h6-9,14-15H,10-13,23H2,1-5H3. The number of nitrogens with two attached hydrogens (primary N) is 1. The maximum absolute atomic E-state index is 6.02. The Labute approximate surface area is 157 Å². The molecule has 0 fully saturated rings. The van der Waals surface area contributed by atoms with Crippen LogP contribution in [0.15, 0.2) is 36.4 Å². The molecular formula is C22H31NO3.